The number of thioether (sulfide) groups is 1. The molecule has 35 heavy (non-hydrogen) atoms. The van der Waals surface area contributed by atoms with E-state index in [1.807, 2.05) is 0 Å². The Morgan fingerprint density at radius 2 is 1.51 bits per heavy atom. The van der Waals surface area contributed by atoms with Crippen molar-refractivity contribution in [2.75, 3.05) is 12.0 Å². The molecule has 0 aliphatic carbocycles. The van der Waals surface area contributed by atoms with Gasteiger partial charge >= 0.3 is 11.9 Å². The highest BCUT2D eigenvalue weighted by molar-refractivity contribution is 7.98. The number of phenolic OH excluding ortho intramolecular Hbond substituents is 1. The van der Waals surface area contributed by atoms with Crippen LogP contribution in [0.15, 0.2) is 24.3 Å². The van der Waals surface area contributed by atoms with Crippen LogP contribution >= 0.6 is 11.8 Å². The van der Waals surface area contributed by atoms with Crippen LogP contribution in [0.25, 0.3) is 0 Å². The molecule has 0 aliphatic heterocycles. The highest BCUT2D eigenvalue weighted by atomic mass is 32.2. The number of rotatable bonds is 15. The Labute approximate surface area is 207 Å². The van der Waals surface area contributed by atoms with E-state index in [9.17, 15) is 34.2 Å². The number of carbonyl (C=O) groups is 5. The topological polar surface area (TPSA) is 208 Å². The van der Waals surface area contributed by atoms with E-state index in [0.29, 0.717) is 11.3 Å². The molecule has 4 unspecified atom stereocenters. The van der Waals surface area contributed by atoms with Crippen molar-refractivity contribution < 1.29 is 39.3 Å². The predicted octanol–water partition coefficient (Wildman–Crippen LogP) is -0.561. The molecule has 0 fully saturated rings. The third-order valence-electron chi connectivity index (χ3n) is 4.99. The fourth-order valence-electron chi connectivity index (χ4n) is 2.96. The lowest BCUT2D eigenvalue weighted by atomic mass is 10.1. The van der Waals surface area contributed by atoms with Gasteiger partial charge in [0.15, 0.2) is 0 Å². The van der Waals surface area contributed by atoms with Crippen molar-refractivity contribution in [2.24, 2.45) is 5.73 Å². The molecule has 0 saturated heterocycles. The number of phenols is 1. The molecular formula is C22H32N4O8S. The molecule has 0 spiro atoms. The second-order valence-electron chi connectivity index (χ2n) is 7.88. The minimum Gasteiger partial charge on any atom is -0.508 e. The zero-order valence-electron chi connectivity index (χ0n) is 19.5. The SMILES string of the molecule is CSCCC(NC(=O)C(CCC(=O)O)NC(=O)C(C)NC(=O)C(N)Cc1ccc(O)cc1)C(=O)O. The van der Waals surface area contributed by atoms with E-state index < -0.39 is 60.2 Å². The first-order valence-electron chi connectivity index (χ1n) is 10.8. The number of aliphatic carboxylic acids is 2. The van der Waals surface area contributed by atoms with E-state index in [4.69, 9.17) is 10.8 Å². The third-order valence-corrected chi connectivity index (χ3v) is 5.63. The van der Waals surface area contributed by atoms with Crippen molar-refractivity contribution in [2.45, 2.75) is 56.8 Å². The number of hydrogen-bond acceptors (Lipinski definition) is 8. The molecule has 4 atom stereocenters. The minimum absolute atomic E-state index is 0.0671. The number of nitrogens with one attached hydrogen (secondary N) is 3. The van der Waals surface area contributed by atoms with Gasteiger partial charge in [-0.1, -0.05) is 12.1 Å². The average molecular weight is 513 g/mol. The summed E-state index contributed by atoms with van der Waals surface area (Å²) in [5.41, 5.74) is 6.59. The fourth-order valence-corrected chi connectivity index (χ4v) is 3.43. The number of amides is 3. The first kappa shape index (κ1) is 29.7. The molecule has 3 amide bonds. The van der Waals surface area contributed by atoms with Crippen LogP contribution < -0.4 is 21.7 Å². The number of carboxylic acid groups (broad SMARTS) is 2. The Morgan fingerprint density at radius 3 is 2.06 bits per heavy atom. The van der Waals surface area contributed by atoms with Crippen LogP contribution in [0.2, 0.25) is 0 Å². The summed E-state index contributed by atoms with van der Waals surface area (Å²) in [7, 11) is 0. The van der Waals surface area contributed by atoms with E-state index in [-0.39, 0.29) is 25.0 Å². The Kier molecular flexibility index (Phi) is 12.6. The van der Waals surface area contributed by atoms with Gasteiger partial charge in [0.1, 0.15) is 23.9 Å². The largest absolute Gasteiger partial charge is 0.508 e. The summed E-state index contributed by atoms with van der Waals surface area (Å²) < 4.78 is 0. The number of carboxylic acids is 2. The standard InChI is InChI=1S/C22H32N4O8S/c1-12(24-20(31)15(23)11-13-3-5-14(27)6-4-13)19(30)25-16(7-8-18(28)29)21(32)26-17(22(33)34)9-10-35-2/h3-6,12,15-17,27H,7-11,23H2,1-2H3,(H,24,31)(H,25,30)(H,26,32)(H,28,29)(H,33,34). The number of nitrogens with two attached hydrogens (primary N) is 1. The molecule has 1 aromatic rings. The maximum atomic E-state index is 12.6. The third kappa shape index (κ3) is 11.1. The zero-order valence-corrected chi connectivity index (χ0v) is 20.3. The molecule has 8 N–H and O–H groups in total. The lowest BCUT2D eigenvalue weighted by Gasteiger charge is -2.23. The summed E-state index contributed by atoms with van der Waals surface area (Å²) in [4.78, 5) is 60.0. The molecule has 0 radical (unpaired) electrons. The van der Waals surface area contributed by atoms with Gasteiger partial charge in [-0.25, -0.2) is 4.79 Å². The van der Waals surface area contributed by atoms with E-state index >= 15 is 0 Å². The van der Waals surface area contributed by atoms with Crippen molar-refractivity contribution in [3.63, 3.8) is 0 Å². The Hall–Kier alpha value is -3.32. The smallest absolute Gasteiger partial charge is 0.326 e. The monoisotopic (exact) mass is 512 g/mol. The van der Waals surface area contributed by atoms with Crippen molar-refractivity contribution in [3.05, 3.63) is 29.8 Å². The van der Waals surface area contributed by atoms with Gasteiger partial charge in [0.25, 0.3) is 0 Å². The molecule has 194 valence electrons. The lowest BCUT2D eigenvalue weighted by molar-refractivity contribution is -0.143. The van der Waals surface area contributed by atoms with Gasteiger partial charge in [-0.05, 0) is 55.9 Å². The molecular weight excluding hydrogens is 480 g/mol. The Balaban J connectivity index is 2.77. The van der Waals surface area contributed by atoms with Crippen LogP contribution in [0.4, 0.5) is 0 Å². The lowest BCUT2D eigenvalue weighted by Crippen LogP contribution is -2.56. The second kappa shape index (κ2) is 14.8. The van der Waals surface area contributed by atoms with Crippen molar-refractivity contribution >= 4 is 41.4 Å². The van der Waals surface area contributed by atoms with Crippen LogP contribution in [0.1, 0.15) is 31.7 Å². The molecule has 0 aliphatic rings. The number of hydrogen-bond donors (Lipinski definition) is 7. The fraction of sp³-hybridized carbons (Fsp3) is 0.500. The van der Waals surface area contributed by atoms with Gasteiger partial charge in [0, 0.05) is 6.42 Å². The van der Waals surface area contributed by atoms with Gasteiger partial charge in [0.2, 0.25) is 17.7 Å². The van der Waals surface area contributed by atoms with E-state index in [2.05, 4.69) is 16.0 Å². The first-order valence-corrected chi connectivity index (χ1v) is 12.2. The molecule has 1 aromatic carbocycles. The highest BCUT2D eigenvalue weighted by Gasteiger charge is 2.29. The zero-order chi connectivity index (χ0) is 26.5. The van der Waals surface area contributed by atoms with Gasteiger partial charge in [-0.2, -0.15) is 11.8 Å². The number of benzene rings is 1. The minimum atomic E-state index is -1.32. The van der Waals surface area contributed by atoms with E-state index in [0.717, 1.165) is 0 Å². The Morgan fingerprint density at radius 1 is 0.914 bits per heavy atom. The van der Waals surface area contributed by atoms with Crippen LogP contribution in [0.3, 0.4) is 0 Å². The summed E-state index contributed by atoms with van der Waals surface area (Å²) in [6, 6.07) is 1.49. The summed E-state index contributed by atoms with van der Waals surface area (Å²) in [5.74, 6) is -4.15. The van der Waals surface area contributed by atoms with Crippen molar-refractivity contribution in [1.29, 1.82) is 0 Å². The second-order valence-corrected chi connectivity index (χ2v) is 8.87. The summed E-state index contributed by atoms with van der Waals surface area (Å²) in [6.45, 7) is 1.37. The molecule has 12 nitrogen and oxygen atoms in total. The molecule has 1 rings (SSSR count). The molecule has 0 heterocycles. The number of aromatic hydroxyl groups is 1. The van der Waals surface area contributed by atoms with Crippen molar-refractivity contribution in [3.8, 4) is 5.75 Å². The summed E-state index contributed by atoms with van der Waals surface area (Å²) in [5, 5.41) is 34.7. The average Bonchev–Trinajstić information content (AvgIpc) is 2.79. The van der Waals surface area contributed by atoms with Crippen LogP contribution in [-0.2, 0) is 30.4 Å². The normalized spacial score (nSPS) is 14.1. The predicted molar refractivity (Wildman–Crippen MR) is 129 cm³/mol. The van der Waals surface area contributed by atoms with Crippen molar-refractivity contribution in [1.82, 2.24) is 16.0 Å². The van der Waals surface area contributed by atoms with E-state index in [1.165, 1.54) is 30.8 Å². The highest BCUT2D eigenvalue weighted by Crippen LogP contribution is 2.11. The summed E-state index contributed by atoms with van der Waals surface area (Å²) >= 11 is 1.40. The van der Waals surface area contributed by atoms with Gasteiger partial charge < -0.3 is 37.0 Å². The quantitative estimate of drug-likeness (QED) is 0.159. The van der Waals surface area contributed by atoms with Gasteiger partial charge in [-0.3, -0.25) is 19.2 Å². The van der Waals surface area contributed by atoms with Crippen LogP contribution in [0, 0.1) is 0 Å². The maximum Gasteiger partial charge on any atom is 0.326 e. The molecule has 0 aromatic heterocycles. The first-order chi connectivity index (χ1) is 16.4. The van der Waals surface area contributed by atoms with Crippen LogP contribution in [0.5, 0.6) is 5.75 Å². The molecule has 13 heteroatoms. The van der Waals surface area contributed by atoms with E-state index in [1.54, 1.807) is 18.4 Å². The Bertz CT molecular complexity index is 896. The number of carbonyl (C=O) groups excluding carboxylic acids is 3. The molecule has 0 saturated carbocycles. The summed E-state index contributed by atoms with van der Waals surface area (Å²) in [6.07, 6.45) is 1.36. The molecule has 0 bridgehead atoms. The van der Waals surface area contributed by atoms with Gasteiger partial charge in [0.05, 0.1) is 6.04 Å². The maximum absolute atomic E-state index is 12.6. The van der Waals surface area contributed by atoms with Gasteiger partial charge in [-0.15, -0.1) is 0 Å². The van der Waals surface area contributed by atoms with Crippen LogP contribution in [-0.4, -0.2) is 81.2 Å².